The Morgan fingerprint density at radius 1 is 0.889 bits per heavy atom. The maximum absolute atomic E-state index is 13.3. The van der Waals surface area contributed by atoms with Crippen molar-refractivity contribution in [3.05, 3.63) is 32.6 Å². The number of halogens is 7. The van der Waals surface area contributed by atoms with Gasteiger partial charge in [0.05, 0.1) is 5.56 Å². The predicted octanol–water partition coefficient (Wildman–Crippen LogP) is 1.35. The summed E-state index contributed by atoms with van der Waals surface area (Å²) in [6.45, 7) is 0. The topological polar surface area (TPSA) is 65.7 Å². The molecule has 1 heterocycles. The molecule has 1 aromatic rings. The number of alkyl halides is 7. The molecule has 11 heteroatoms. The Labute approximate surface area is 92.4 Å². The second kappa shape index (κ2) is 3.85. The quantitative estimate of drug-likeness (QED) is 0.763. The first kappa shape index (κ1) is 14.3. The molecule has 1 rings (SSSR count). The van der Waals surface area contributed by atoms with Crippen LogP contribution in [0.25, 0.3) is 0 Å². The van der Waals surface area contributed by atoms with Crippen LogP contribution in [0.1, 0.15) is 5.56 Å². The van der Waals surface area contributed by atoms with Gasteiger partial charge in [0.15, 0.2) is 0 Å². The summed E-state index contributed by atoms with van der Waals surface area (Å²) in [5.74, 6) is 0. The molecule has 0 radical (unpaired) electrons. The molecule has 0 amide bonds. The first-order valence-corrected chi connectivity index (χ1v) is 4.06. The zero-order chi connectivity index (χ0) is 14.4. The Morgan fingerprint density at radius 3 is 1.67 bits per heavy atom. The summed E-state index contributed by atoms with van der Waals surface area (Å²) >= 11 is 0. The van der Waals surface area contributed by atoms with E-state index in [-0.39, 0.29) is 6.20 Å². The fourth-order valence-electron chi connectivity index (χ4n) is 1.13. The largest absolute Gasteiger partial charge is 0.436 e. The number of rotatable bonds is 1. The van der Waals surface area contributed by atoms with Gasteiger partial charge in [-0.2, -0.15) is 26.3 Å². The highest BCUT2D eigenvalue weighted by atomic mass is 19.4. The van der Waals surface area contributed by atoms with E-state index in [0.717, 1.165) is 4.98 Å². The summed E-state index contributed by atoms with van der Waals surface area (Å²) in [5, 5.41) is 0. The van der Waals surface area contributed by atoms with E-state index in [1.807, 2.05) is 0 Å². The van der Waals surface area contributed by atoms with E-state index in [1.54, 1.807) is 0 Å². The summed E-state index contributed by atoms with van der Waals surface area (Å²) in [6, 6.07) is 0. The van der Waals surface area contributed by atoms with Gasteiger partial charge in [0.1, 0.15) is 0 Å². The summed E-state index contributed by atoms with van der Waals surface area (Å²) in [6.07, 6.45) is -13.1. The van der Waals surface area contributed by atoms with Gasteiger partial charge in [-0.05, 0) is 0 Å². The number of hydrogen-bond donors (Lipinski definition) is 2. The van der Waals surface area contributed by atoms with Gasteiger partial charge in [0.2, 0.25) is 0 Å². The molecule has 0 spiro atoms. The lowest BCUT2D eigenvalue weighted by atomic mass is 9.97. The molecule has 0 aromatic carbocycles. The van der Waals surface area contributed by atoms with Crippen molar-refractivity contribution >= 4 is 0 Å². The molecule has 1 aromatic heterocycles. The van der Waals surface area contributed by atoms with Crippen LogP contribution in [0.4, 0.5) is 30.7 Å². The van der Waals surface area contributed by atoms with Crippen molar-refractivity contribution in [2.45, 2.75) is 18.0 Å². The monoisotopic (exact) mass is 280 g/mol. The third-order valence-electron chi connectivity index (χ3n) is 1.97. The van der Waals surface area contributed by atoms with Gasteiger partial charge >= 0.3 is 23.7 Å². The first-order valence-electron chi connectivity index (χ1n) is 4.06. The number of hydrogen-bond acceptors (Lipinski definition) is 2. The highest BCUT2D eigenvalue weighted by molar-refractivity contribution is 5.20. The number of aromatic amines is 2. The van der Waals surface area contributed by atoms with Gasteiger partial charge in [-0.3, -0.25) is 9.78 Å². The Bertz CT molecular complexity index is 538. The summed E-state index contributed by atoms with van der Waals surface area (Å²) in [5.41, 5.74) is -11.6. The van der Waals surface area contributed by atoms with Gasteiger partial charge in [-0.1, -0.05) is 0 Å². The van der Waals surface area contributed by atoms with E-state index in [2.05, 4.69) is 0 Å². The molecule has 0 bridgehead atoms. The molecule has 0 aliphatic rings. The molecule has 0 fully saturated rings. The molecule has 18 heavy (non-hydrogen) atoms. The molecule has 4 nitrogen and oxygen atoms in total. The second-order valence-corrected chi connectivity index (χ2v) is 3.14. The van der Waals surface area contributed by atoms with Crippen LogP contribution in [0.5, 0.6) is 0 Å². The Balaban J connectivity index is 3.67. The van der Waals surface area contributed by atoms with Gasteiger partial charge in [0, 0.05) is 6.20 Å². The average molecular weight is 280 g/mol. The van der Waals surface area contributed by atoms with Crippen molar-refractivity contribution in [1.29, 1.82) is 0 Å². The van der Waals surface area contributed by atoms with Crippen LogP contribution in [0.3, 0.4) is 0 Å². The molecule has 102 valence electrons. The average Bonchev–Trinajstić information content (AvgIpc) is 2.12. The second-order valence-electron chi connectivity index (χ2n) is 3.14. The van der Waals surface area contributed by atoms with Crippen LogP contribution in [-0.4, -0.2) is 22.3 Å². The first-order chi connectivity index (χ1) is 7.91. The minimum Gasteiger partial charge on any atom is -0.314 e. The number of nitrogens with one attached hydrogen (secondary N) is 2. The highest BCUT2D eigenvalue weighted by Gasteiger charge is 2.74. The third-order valence-corrected chi connectivity index (χ3v) is 1.97. The molecule has 0 aliphatic carbocycles. The molecule has 0 aliphatic heterocycles. The van der Waals surface area contributed by atoms with E-state index < -0.39 is 34.8 Å². The third kappa shape index (κ3) is 1.99. The molecule has 2 N–H and O–H groups in total. The van der Waals surface area contributed by atoms with Crippen LogP contribution in [-0.2, 0) is 5.67 Å². The van der Waals surface area contributed by atoms with Crippen molar-refractivity contribution in [2.24, 2.45) is 0 Å². The van der Waals surface area contributed by atoms with Crippen molar-refractivity contribution in [3.8, 4) is 0 Å². The molecular weight excluding hydrogens is 277 g/mol. The normalized spacial score (nSPS) is 13.7. The number of aromatic nitrogens is 2. The maximum atomic E-state index is 13.3. The molecule has 0 saturated heterocycles. The van der Waals surface area contributed by atoms with Crippen molar-refractivity contribution < 1.29 is 30.7 Å². The lowest BCUT2D eigenvalue weighted by Crippen LogP contribution is -2.53. The smallest absolute Gasteiger partial charge is 0.314 e. The van der Waals surface area contributed by atoms with Crippen LogP contribution < -0.4 is 11.2 Å². The molecular formula is C7H3F7N2O2. The number of H-pyrrole nitrogens is 2. The van der Waals surface area contributed by atoms with Gasteiger partial charge in [0.25, 0.3) is 5.56 Å². The molecule has 0 atom stereocenters. The predicted molar refractivity (Wildman–Crippen MR) is 42.6 cm³/mol. The Morgan fingerprint density at radius 2 is 1.33 bits per heavy atom. The van der Waals surface area contributed by atoms with Crippen molar-refractivity contribution in [2.75, 3.05) is 0 Å². The van der Waals surface area contributed by atoms with Crippen molar-refractivity contribution in [3.63, 3.8) is 0 Å². The van der Waals surface area contributed by atoms with E-state index >= 15 is 0 Å². The SMILES string of the molecule is O=c1[nH]cc(C(F)(C(F)(F)F)C(F)(F)F)c(=O)[nH]1. The van der Waals surface area contributed by atoms with Gasteiger partial charge < -0.3 is 4.98 Å². The van der Waals surface area contributed by atoms with E-state index in [1.165, 1.54) is 4.98 Å². The minimum absolute atomic E-state index is 0.262. The van der Waals surface area contributed by atoms with Crippen LogP contribution in [0.15, 0.2) is 15.8 Å². The zero-order valence-electron chi connectivity index (χ0n) is 8.04. The van der Waals surface area contributed by atoms with E-state index in [9.17, 15) is 40.3 Å². The summed E-state index contributed by atoms with van der Waals surface area (Å²) < 4.78 is 86.7. The lowest BCUT2D eigenvalue weighted by Gasteiger charge is -2.29. The highest BCUT2D eigenvalue weighted by Crippen LogP contribution is 2.51. The van der Waals surface area contributed by atoms with Gasteiger partial charge in [-0.25, -0.2) is 9.18 Å². The standard InChI is InChI=1S/C7H3F7N2O2/c8-5(6(9,10)11,7(12,13)14)2-1-15-4(18)16-3(2)17/h1H,(H2,15,16,17,18). The lowest BCUT2D eigenvalue weighted by molar-refractivity contribution is -0.349. The van der Waals surface area contributed by atoms with Crippen LogP contribution in [0, 0.1) is 0 Å². The summed E-state index contributed by atoms with van der Waals surface area (Å²) in [7, 11) is 0. The van der Waals surface area contributed by atoms with Crippen LogP contribution in [0.2, 0.25) is 0 Å². The maximum Gasteiger partial charge on any atom is 0.436 e. The molecule has 0 unspecified atom stereocenters. The molecule has 0 saturated carbocycles. The summed E-state index contributed by atoms with van der Waals surface area (Å²) in [4.78, 5) is 23.8. The zero-order valence-corrected chi connectivity index (χ0v) is 8.04. The fraction of sp³-hybridized carbons (Fsp3) is 0.429. The Kier molecular flexibility index (Phi) is 3.05. The van der Waals surface area contributed by atoms with Crippen LogP contribution >= 0.6 is 0 Å². The Hall–Kier alpha value is -1.81. The minimum atomic E-state index is -6.41. The van der Waals surface area contributed by atoms with Gasteiger partial charge in [-0.15, -0.1) is 0 Å². The van der Waals surface area contributed by atoms with E-state index in [0.29, 0.717) is 0 Å². The fourth-order valence-corrected chi connectivity index (χ4v) is 1.13. The van der Waals surface area contributed by atoms with Crippen molar-refractivity contribution in [1.82, 2.24) is 9.97 Å². The van der Waals surface area contributed by atoms with E-state index in [4.69, 9.17) is 0 Å².